The van der Waals surface area contributed by atoms with Crippen molar-refractivity contribution in [3.8, 4) is 11.5 Å². The third-order valence-corrected chi connectivity index (χ3v) is 3.66. The summed E-state index contributed by atoms with van der Waals surface area (Å²) in [6.07, 6.45) is 3.36. The molecule has 2 rings (SSSR count). The van der Waals surface area contributed by atoms with E-state index >= 15 is 0 Å². The summed E-state index contributed by atoms with van der Waals surface area (Å²) in [7, 11) is 0. The number of nitrogens with zero attached hydrogens (tertiary/aromatic N) is 1. The van der Waals surface area contributed by atoms with Gasteiger partial charge in [-0.25, -0.2) is 4.79 Å². The fourth-order valence-electron chi connectivity index (χ4n) is 2.48. The Morgan fingerprint density at radius 3 is 2.52 bits per heavy atom. The van der Waals surface area contributed by atoms with E-state index in [-0.39, 0.29) is 12.8 Å². The first-order valence-corrected chi connectivity index (χ1v) is 7.61. The third-order valence-electron chi connectivity index (χ3n) is 3.66. The molecule has 1 atom stereocenters. The molecule has 1 unspecified atom stereocenters. The Hall–Kier alpha value is -1.91. The van der Waals surface area contributed by atoms with Crippen LogP contribution >= 0.6 is 0 Å². The lowest BCUT2D eigenvalue weighted by Gasteiger charge is -2.33. The van der Waals surface area contributed by atoms with Crippen LogP contribution in [0.25, 0.3) is 0 Å². The number of hydrogen-bond acceptors (Lipinski definition) is 3. The molecule has 1 aliphatic rings. The van der Waals surface area contributed by atoms with Crippen LogP contribution in [0.1, 0.15) is 33.1 Å². The van der Waals surface area contributed by atoms with Crippen LogP contribution < -0.4 is 14.8 Å². The van der Waals surface area contributed by atoms with Crippen LogP contribution in [0.3, 0.4) is 0 Å². The van der Waals surface area contributed by atoms with E-state index in [1.807, 2.05) is 36.1 Å². The molecule has 5 nitrogen and oxygen atoms in total. The Labute approximate surface area is 126 Å². The molecule has 0 aliphatic carbocycles. The van der Waals surface area contributed by atoms with E-state index in [4.69, 9.17) is 9.47 Å². The molecule has 116 valence electrons. The number of benzene rings is 1. The number of likely N-dealkylation sites (tertiary alicyclic amines) is 1. The van der Waals surface area contributed by atoms with Crippen molar-refractivity contribution in [3.63, 3.8) is 0 Å². The largest absolute Gasteiger partial charge is 0.494 e. The van der Waals surface area contributed by atoms with E-state index in [0.717, 1.165) is 25.1 Å². The van der Waals surface area contributed by atoms with Gasteiger partial charge in [0, 0.05) is 12.6 Å². The third kappa shape index (κ3) is 4.55. The van der Waals surface area contributed by atoms with Crippen molar-refractivity contribution in [2.24, 2.45) is 0 Å². The van der Waals surface area contributed by atoms with Gasteiger partial charge >= 0.3 is 6.03 Å². The van der Waals surface area contributed by atoms with Crippen LogP contribution in [0.2, 0.25) is 0 Å². The SMILES string of the molecule is CCOc1ccc(OCNC(=O)N2CCCCC2C)cc1. The first-order valence-electron chi connectivity index (χ1n) is 7.61. The summed E-state index contributed by atoms with van der Waals surface area (Å²) in [5, 5.41) is 2.80. The minimum Gasteiger partial charge on any atom is -0.494 e. The van der Waals surface area contributed by atoms with E-state index in [1.165, 1.54) is 6.42 Å². The summed E-state index contributed by atoms with van der Waals surface area (Å²) in [6.45, 7) is 5.68. The molecule has 0 bridgehead atoms. The molecule has 1 fully saturated rings. The standard InChI is InChI=1S/C16H24N2O3/c1-3-20-14-7-9-15(10-8-14)21-12-17-16(19)18-11-5-4-6-13(18)2/h7-10,13H,3-6,11-12H2,1-2H3,(H,17,19). The maximum atomic E-state index is 12.1. The van der Waals surface area contributed by atoms with Gasteiger partial charge in [-0.15, -0.1) is 0 Å². The van der Waals surface area contributed by atoms with E-state index < -0.39 is 0 Å². The number of hydrogen-bond donors (Lipinski definition) is 1. The normalized spacial score (nSPS) is 18.2. The maximum absolute atomic E-state index is 12.1. The van der Waals surface area contributed by atoms with Gasteiger partial charge in [-0.3, -0.25) is 0 Å². The Morgan fingerprint density at radius 1 is 1.24 bits per heavy atom. The highest BCUT2D eigenvalue weighted by atomic mass is 16.5. The first-order chi connectivity index (χ1) is 10.2. The van der Waals surface area contributed by atoms with Gasteiger partial charge < -0.3 is 19.7 Å². The quantitative estimate of drug-likeness (QED) is 0.849. The highest BCUT2D eigenvalue weighted by Crippen LogP contribution is 2.18. The van der Waals surface area contributed by atoms with Gasteiger partial charge in [0.15, 0.2) is 6.73 Å². The number of carbonyl (C=O) groups excluding carboxylic acids is 1. The van der Waals surface area contributed by atoms with Crippen molar-refractivity contribution in [1.82, 2.24) is 10.2 Å². The lowest BCUT2D eigenvalue weighted by molar-refractivity contribution is 0.149. The predicted octanol–water partition coefficient (Wildman–Crippen LogP) is 3.01. The summed E-state index contributed by atoms with van der Waals surface area (Å²) in [4.78, 5) is 13.9. The summed E-state index contributed by atoms with van der Waals surface area (Å²) in [5.41, 5.74) is 0. The number of rotatable bonds is 5. The maximum Gasteiger partial charge on any atom is 0.320 e. The molecule has 0 saturated carbocycles. The van der Waals surface area contributed by atoms with Crippen molar-refractivity contribution in [2.45, 2.75) is 39.2 Å². The lowest BCUT2D eigenvalue weighted by atomic mass is 10.0. The second-order valence-electron chi connectivity index (χ2n) is 5.21. The van der Waals surface area contributed by atoms with E-state index in [1.54, 1.807) is 0 Å². The van der Waals surface area contributed by atoms with Crippen LogP contribution in [-0.4, -0.2) is 36.9 Å². The zero-order chi connectivity index (χ0) is 15.1. The van der Waals surface area contributed by atoms with Gasteiger partial charge in [-0.05, 0) is 57.4 Å². The number of urea groups is 1. The highest BCUT2D eigenvalue weighted by Gasteiger charge is 2.22. The minimum absolute atomic E-state index is 0.0480. The van der Waals surface area contributed by atoms with Crippen LogP contribution in [0.5, 0.6) is 11.5 Å². The molecular weight excluding hydrogens is 268 g/mol. The molecule has 2 amide bonds. The molecule has 1 N–H and O–H groups in total. The molecule has 0 radical (unpaired) electrons. The molecule has 0 aromatic heterocycles. The topological polar surface area (TPSA) is 50.8 Å². The lowest BCUT2D eigenvalue weighted by Crippen LogP contribution is -2.48. The molecule has 21 heavy (non-hydrogen) atoms. The highest BCUT2D eigenvalue weighted by molar-refractivity contribution is 5.74. The number of nitrogens with one attached hydrogen (secondary N) is 1. The Kier molecular flexibility index (Phi) is 5.72. The predicted molar refractivity (Wildman–Crippen MR) is 81.7 cm³/mol. The van der Waals surface area contributed by atoms with Crippen LogP contribution in [-0.2, 0) is 0 Å². The second kappa shape index (κ2) is 7.76. The average molecular weight is 292 g/mol. The summed E-state index contributed by atoms with van der Waals surface area (Å²) < 4.78 is 10.9. The first kappa shape index (κ1) is 15.5. The minimum atomic E-state index is -0.0480. The Bertz CT molecular complexity index is 447. The van der Waals surface area contributed by atoms with Crippen molar-refractivity contribution in [3.05, 3.63) is 24.3 Å². The molecule has 1 saturated heterocycles. The summed E-state index contributed by atoms with van der Waals surface area (Å²) >= 11 is 0. The fraction of sp³-hybridized carbons (Fsp3) is 0.562. The molecule has 1 aromatic carbocycles. The van der Waals surface area contributed by atoms with Crippen LogP contribution in [0, 0.1) is 0 Å². The number of piperidine rings is 1. The monoisotopic (exact) mass is 292 g/mol. The molecule has 0 spiro atoms. The van der Waals surface area contributed by atoms with Crippen molar-refractivity contribution in [1.29, 1.82) is 0 Å². The number of carbonyl (C=O) groups is 1. The number of ether oxygens (including phenoxy) is 2. The van der Waals surface area contributed by atoms with Crippen LogP contribution in [0.15, 0.2) is 24.3 Å². The zero-order valence-electron chi connectivity index (χ0n) is 12.8. The van der Waals surface area contributed by atoms with E-state index in [0.29, 0.717) is 18.4 Å². The van der Waals surface area contributed by atoms with Gasteiger partial charge in [0.25, 0.3) is 0 Å². The van der Waals surface area contributed by atoms with Crippen molar-refractivity contribution in [2.75, 3.05) is 19.9 Å². The molecule has 1 aliphatic heterocycles. The summed E-state index contributed by atoms with van der Waals surface area (Å²) in [6, 6.07) is 7.64. The van der Waals surface area contributed by atoms with E-state index in [9.17, 15) is 4.79 Å². The number of amides is 2. The zero-order valence-corrected chi connectivity index (χ0v) is 12.8. The summed E-state index contributed by atoms with van der Waals surface area (Å²) in [5.74, 6) is 1.53. The smallest absolute Gasteiger partial charge is 0.320 e. The molecule has 5 heteroatoms. The second-order valence-corrected chi connectivity index (χ2v) is 5.21. The average Bonchev–Trinajstić information content (AvgIpc) is 2.49. The van der Waals surface area contributed by atoms with Gasteiger partial charge in [0.2, 0.25) is 0 Å². The van der Waals surface area contributed by atoms with Gasteiger partial charge in [0.1, 0.15) is 11.5 Å². The van der Waals surface area contributed by atoms with Crippen molar-refractivity contribution >= 4 is 6.03 Å². The van der Waals surface area contributed by atoms with Gasteiger partial charge in [0.05, 0.1) is 6.61 Å². The Balaban J connectivity index is 1.74. The molecular formula is C16H24N2O3. The fourth-order valence-corrected chi connectivity index (χ4v) is 2.48. The van der Waals surface area contributed by atoms with Gasteiger partial charge in [-0.2, -0.15) is 0 Å². The van der Waals surface area contributed by atoms with Gasteiger partial charge in [-0.1, -0.05) is 0 Å². The van der Waals surface area contributed by atoms with Crippen LogP contribution in [0.4, 0.5) is 4.79 Å². The Morgan fingerprint density at radius 2 is 1.90 bits per heavy atom. The molecule has 1 heterocycles. The van der Waals surface area contributed by atoms with Crippen molar-refractivity contribution < 1.29 is 14.3 Å². The molecule has 1 aromatic rings. The van der Waals surface area contributed by atoms with E-state index in [2.05, 4.69) is 12.2 Å².